The fourth-order valence-electron chi connectivity index (χ4n) is 2.81. The topological polar surface area (TPSA) is 35.3 Å². The van der Waals surface area contributed by atoms with E-state index in [4.69, 9.17) is 9.15 Å². The molecule has 0 radical (unpaired) electrons. The maximum Gasteiger partial charge on any atom is 0.134 e. The van der Waals surface area contributed by atoms with Crippen LogP contribution >= 0.6 is 11.3 Å². The van der Waals surface area contributed by atoms with Gasteiger partial charge in [-0.3, -0.25) is 0 Å². The van der Waals surface area contributed by atoms with Crippen molar-refractivity contribution in [1.82, 2.24) is 4.98 Å². The predicted molar refractivity (Wildman–Crippen MR) is 84.1 cm³/mol. The summed E-state index contributed by atoms with van der Waals surface area (Å²) in [4.78, 5) is 5.40. The summed E-state index contributed by atoms with van der Waals surface area (Å²) in [6.45, 7) is 4.65. The molecule has 1 aliphatic carbocycles. The van der Waals surface area contributed by atoms with E-state index in [-0.39, 0.29) is 0 Å². The Morgan fingerprint density at radius 2 is 2.19 bits per heavy atom. The number of aryl methyl sites for hydroxylation is 2. The molecular weight excluding hydrogens is 282 g/mol. The van der Waals surface area contributed by atoms with Gasteiger partial charge >= 0.3 is 0 Å². The molecule has 4 rings (SSSR count). The van der Waals surface area contributed by atoms with E-state index in [1.807, 2.05) is 25.3 Å². The van der Waals surface area contributed by atoms with E-state index in [9.17, 15) is 0 Å². The van der Waals surface area contributed by atoms with Crippen LogP contribution in [0.3, 0.4) is 0 Å². The number of fused-ring (bicyclic) bond motifs is 1. The van der Waals surface area contributed by atoms with E-state index in [0.29, 0.717) is 12.5 Å². The first-order valence-corrected chi connectivity index (χ1v) is 8.09. The van der Waals surface area contributed by atoms with Crippen LogP contribution in [0.5, 0.6) is 5.75 Å². The summed E-state index contributed by atoms with van der Waals surface area (Å²) in [7, 11) is 0. The number of benzene rings is 1. The van der Waals surface area contributed by atoms with Gasteiger partial charge in [-0.2, -0.15) is 0 Å². The lowest BCUT2D eigenvalue weighted by molar-refractivity contribution is 0.310. The van der Waals surface area contributed by atoms with Crippen LogP contribution in [0.15, 0.2) is 28.8 Å². The number of thiazole rings is 1. The van der Waals surface area contributed by atoms with Crippen molar-refractivity contribution in [3.8, 4) is 5.75 Å². The van der Waals surface area contributed by atoms with Gasteiger partial charge in [-0.15, -0.1) is 11.3 Å². The Hall–Kier alpha value is -1.81. The third-order valence-electron chi connectivity index (χ3n) is 3.92. The molecule has 3 aromatic rings. The number of hydrogen-bond donors (Lipinski definition) is 0. The largest absolute Gasteiger partial charge is 0.488 e. The minimum Gasteiger partial charge on any atom is -0.488 e. The highest BCUT2D eigenvalue weighted by Crippen LogP contribution is 2.46. The first kappa shape index (κ1) is 12.9. The average molecular weight is 299 g/mol. The van der Waals surface area contributed by atoms with Crippen molar-refractivity contribution in [1.29, 1.82) is 0 Å². The Morgan fingerprint density at radius 1 is 1.33 bits per heavy atom. The minimum atomic E-state index is 0.576. The van der Waals surface area contributed by atoms with Crippen molar-refractivity contribution >= 4 is 22.3 Å². The highest BCUT2D eigenvalue weighted by Gasteiger charge is 2.29. The van der Waals surface area contributed by atoms with E-state index < -0.39 is 0 Å². The first-order valence-electron chi connectivity index (χ1n) is 7.28. The smallest absolute Gasteiger partial charge is 0.134 e. The average Bonchev–Trinajstić information content (AvgIpc) is 3.12. The Morgan fingerprint density at radius 3 is 2.90 bits per heavy atom. The summed E-state index contributed by atoms with van der Waals surface area (Å²) in [5, 5.41) is 2.29. The van der Waals surface area contributed by atoms with Crippen LogP contribution in [0.25, 0.3) is 11.0 Å². The molecule has 3 nitrogen and oxygen atoms in total. The van der Waals surface area contributed by atoms with E-state index in [0.717, 1.165) is 27.0 Å². The van der Waals surface area contributed by atoms with Crippen molar-refractivity contribution in [2.24, 2.45) is 0 Å². The molecule has 2 heterocycles. The molecule has 0 amide bonds. The standard InChI is InChI=1S/C17H17NO2S/c1-10-17(12-3-4-12)15-7-13(5-6-16(15)20-10)19-9-14-8-18-11(2)21-14/h5-8,12H,3-4,9H2,1-2H3. The van der Waals surface area contributed by atoms with Gasteiger partial charge in [0.2, 0.25) is 0 Å². The van der Waals surface area contributed by atoms with Crippen LogP contribution < -0.4 is 4.74 Å². The van der Waals surface area contributed by atoms with Gasteiger partial charge < -0.3 is 9.15 Å². The van der Waals surface area contributed by atoms with Gasteiger partial charge in [0, 0.05) is 17.1 Å². The van der Waals surface area contributed by atoms with Gasteiger partial charge in [0.25, 0.3) is 0 Å². The second-order valence-corrected chi connectivity index (χ2v) is 6.96. The highest BCUT2D eigenvalue weighted by atomic mass is 32.1. The van der Waals surface area contributed by atoms with Crippen LogP contribution in [0, 0.1) is 13.8 Å². The lowest BCUT2D eigenvalue weighted by Gasteiger charge is -2.04. The molecule has 1 fully saturated rings. The van der Waals surface area contributed by atoms with Crippen molar-refractivity contribution in [3.05, 3.63) is 45.6 Å². The molecule has 0 aliphatic heterocycles. The molecule has 21 heavy (non-hydrogen) atoms. The third-order valence-corrected chi connectivity index (χ3v) is 4.81. The zero-order chi connectivity index (χ0) is 14.4. The van der Waals surface area contributed by atoms with E-state index in [2.05, 4.69) is 18.0 Å². The fourth-order valence-corrected chi connectivity index (χ4v) is 3.52. The lowest BCUT2D eigenvalue weighted by Crippen LogP contribution is -1.92. The fraction of sp³-hybridized carbons (Fsp3) is 0.353. The van der Waals surface area contributed by atoms with Gasteiger partial charge in [0.1, 0.15) is 23.7 Å². The summed E-state index contributed by atoms with van der Waals surface area (Å²) < 4.78 is 11.8. The molecule has 2 aromatic heterocycles. The molecule has 1 saturated carbocycles. The first-order chi connectivity index (χ1) is 10.2. The van der Waals surface area contributed by atoms with Crippen molar-refractivity contribution < 1.29 is 9.15 Å². The quantitative estimate of drug-likeness (QED) is 0.683. The van der Waals surface area contributed by atoms with Crippen LogP contribution in [0.2, 0.25) is 0 Å². The molecule has 0 unspecified atom stereocenters. The van der Waals surface area contributed by atoms with Crippen LogP contribution in [-0.2, 0) is 6.61 Å². The molecule has 1 aromatic carbocycles. The maximum atomic E-state index is 5.91. The minimum absolute atomic E-state index is 0.576. The summed E-state index contributed by atoms with van der Waals surface area (Å²) >= 11 is 1.68. The van der Waals surface area contributed by atoms with Crippen molar-refractivity contribution in [2.45, 2.75) is 39.2 Å². The maximum absolute atomic E-state index is 5.91. The third kappa shape index (κ3) is 2.44. The normalized spacial score (nSPS) is 14.8. The van der Waals surface area contributed by atoms with Gasteiger partial charge in [-0.25, -0.2) is 4.98 Å². The number of aromatic nitrogens is 1. The molecule has 0 N–H and O–H groups in total. The molecule has 1 aliphatic rings. The molecule has 0 spiro atoms. The zero-order valence-electron chi connectivity index (χ0n) is 12.2. The summed E-state index contributed by atoms with van der Waals surface area (Å²) in [5.74, 6) is 2.64. The Bertz CT molecular complexity index is 798. The molecule has 4 heteroatoms. The van der Waals surface area contributed by atoms with Gasteiger partial charge in [0.05, 0.1) is 9.88 Å². The Balaban J connectivity index is 1.62. The lowest BCUT2D eigenvalue weighted by atomic mass is 10.1. The molecule has 0 atom stereocenters. The molecule has 0 saturated heterocycles. The molecule has 0 bridgehead atoms. The van der Waals surface area contributed by atoms with E-state index in [1.54, 1.807) is 11.3 Å². The number of furan rings is 1. The number of ether oxygens (including phenoxy) is 1. The number of nitrogens with zero attached hydrogens (tertiary/aromatic N) is 1. The highest BCUT2D eigenvalue weighted by molar-refractivity contribution is 7.11. The summed E-state index contributed by atoms with van der Waals surface area (Å²) in [5.41, 5.74) is 2.35. The van der Waals surface area contributed by atoms with E-state index >= 15 is 0 Å². The zero-order valence-corrected chi connectivity index (χ0v) is 13.0. The number of rotatable bonds is 4. The van der Waals surface area contributed by atoms with Gasteiger partial charge in [-0.05, 0) is 50.8 Å². The Kier molecular flexibility index (Phi) is 3.00. The number of hydrogen-bond acceptors (Lipinski definition) is 4. The van der Waals surface area contributed by atoms with E-state index in [1.165, 1.54) is 23.8 Å². The second-order valence-electron chi connectivity index (χ2n) is 5.64. The van der Waals surface area contributed by atoms with Crippen LogP contribution in [-0.4, -0.2) is 4.98 Å². The molecule has 108 valence electrons. The Labute approximate surface area is 127 Å². The summed E-state index contributed by atoms with van der Waals surface area (Å²) in [6, 6.07) is 6.12. The predicted octanol–water partition coefficient (Wildman–Crippen LogP) is 4.96. The van der Waals surface area contributed by atoms with Crippen molar-refractivity contribution in [3.63, 3.8) is 0 Å². The van der Waals surface area contributed by atoms with Crippen LogP contribution in [0.4, 0.5) is 0 Å². The summed E-state index contributed by atoms with van der Waals surface area (Å²) in [6.07, 6.45) is 4.44. The monoisotopic (exact) mass is 299 g/mol. The van der Waals surface area contributed by atoms with Gasteiger partial charge in [0.15, 0.2) is 0 Å². The molecular formula is C17H17NO2S. The SMILES string of the molecule is Cc1ncc(COc2ccc3oc(C)c(C4CC4)c3c2)s1. The van der Waals surface area contributed by atoms with Gasteiger partial charge in [-0.1, -0.05) is 0 Å². The second kappa shape index (κ2) is 4.88. The van der Waals surface area contributed by atoms with Crippen LogP contribution in [0.1, 0.15) is 40.0 Å². The van der Waals surface area contributed by atoms with Crippen molar-refractivity contribution in [2.75, 3.05) is 0 Å².